The van der Waals surface area contributed by atoms with Gasteiger partial charge in [-0.1, -0.05) is 73.1 Å². The highest BCUT2D eigenvalue weighted by atomic mass is 35.5. The number of imidazole rings is 1. The van der Waals surface area contributed by atoms with E-state index in [1.54, 1.807) is 45.3 Å². The number of amides is 4. The minimum atomic E-state index is -1.20. The van der Waals surface area contributed by atoms with E-state index in [4.69, 9.17) is 26.1 Å². The third kappa shape index (κ3) is 16.9. The van der Waals surface area contributed by atoms with Crippen molar-refractivity contribution in [2.45, 2.75) is 102 Å². The highest BCUT2D eigenvalue weighted by molar-refractivity contribution is 6.30. The molecule has 6 rings (SSSR count). The molecular formula is C58H74ClFN8O8. The van der Waals surface area contributed by atoms with Crippen molar-refractivity contribution in [3.63, 3.8) is 0 Å². The molecule has 18 heteroatoms. The van der Waals surface area contributed by atoms with E-state index in [1.807, 2.05) is 93.0 Å². The normalized spacial score (nSPS) is 14.5. The lowest BCUT2D eigenvalue weighted by molar-refractivity contribution is -0.144. The van der Waals surface area contributed by atoms with Crippen molar-refractivity contribution >= 4 is 41.2 Å². The molecule has 1 fully saturated rings. The van der Waals surface area contributed by atoms with Crippen LogP contribution < -0.4 is 20.7 Å². The van der Waals surface area contributed by atoms with E-state index in [0.717, 1.165) is 65.4 Å². The summed E-state index contributed by atoms with van der Waals surface area (Å²) < 4.78 is 28.3. The van der Waals surface area contributed by atoms with Crippen LogP contribution >= 0.6 is 11.6 Å². The fraction of sp³-hybridized carbons (Fsp3) is 0.448. The number of nitrogens with one attached hydrogen (secondary N) is 3. The number of aromatic nitrogens is 2. The summed E-state index contributed by atoms with van der Waals surface area (Å²) in [4.78, 5) is 77.6. The standard InChI is InChI=1S/C58H74ClFN8O8/c1-7-40-15-18-44(52(31-40)76-48-23-19-43(20-24-48)51-36-62-53(67(51)5)37-68-27-11-12-28-68)35-61-49(25-26-60)56(72)64-50(38-75-6)58(74)66(4)47(30-42-16-21-46(59)22-17-42)33-54(69)63-34-39(2)65(3)57(73)45(32-55(70)71)29-41-13-9-8-10-14-41/h8-10,13-24,31,36,39,45,47,49-50,61H,7,11-12,25-30,32-35,37-38H2,1-6H3,(H,63,69)(H,64,72)(H,70,71). The fourth-order valence-corrected chi connectivity index (χ4v) is 9.50. The van der Waals surface area contributed by atoms with Crippen molar-refractivity contribution < 1.29 is 42.9 Å². The second kappa shape index (κ2) is 29.0. The number of methoxy groups -OCH3 is 1. The first-order chi connectivity index (χ1) is 36.6. The summed E-state index contributed by atoms with van der Waals surface area (Å²) in [7, 11) is 6.57. The van der Waals surface area contributed by atoms with E-state index in [9.17, 15) is 33.5 Å². The zero-order valence-electron chi connectivity index (χ0n) is 44.6. The molecule has 0 aliphatic carbocycles. The molecule has 0 saturated carbocycles. The van der Waals surface area contributed by atoms with Gasteiger partial charge in [-0.2, -0.15) is 0 Å². The van der Waals surface area contributed by atoms with Gasteiger partial charge >= 0.3 is 5.97 Å². The van der Waals surface area contributed by atoms with E-state index in [1.165, 1.54) is 29.8 Å². The molecule has 0 bridgehead atoms. The van der Waals surface area contributed by atoms with Crippen LogP contribution in [0.5, 0.6) is 11.5 Å². The van der Waals surface area contributed by atoms with Gasteiger partial charge in [0.05, 0.1) is 50.1 Å². The molecule has 1 aliphatic rings. The Bertz CT molecular complexity index is 2690. The number of carboxylic acid groups (broad SMARTS) is 1. The number of ether oxygens (including phenoxy) is 2. The SMILES string of the molecule is CCc1ccc(CNC(CCF)C(=O)NC(COC)C(=O)N(C)C(CC(=O)NCC(C)N(C)C(=O)C(CC(=O)O)Cc2ccccc2)Cc2ccc(Cl)cc2)c(Oc2ccc(-c3cnc(CN4CCCC4)n3C)cc2)c1. The van der Waals surface area contributed by atoms with Crippen LogP contribution in [-0.2, 0) is 68.1 Å². The van der Waals surface area contributed by atoms with Crippen molar-refractivity contribution in [3.05, 3.63) is 136 Å². The van der Waals surface area contributed by atoms with Crippen LogP contribution in [0, 0.1) is 5.92 Å². The quantitative estimate of drug-likeness (QED) is 0.0374. The number of carbonyl (C=O) groups is 5. The molecule has 5 aromatic rings. The number of carboxylic acids is 1. The lowest BCUT2D eigenvalue weighted by Crippen LogP contribution is -2.56. The molecule has 5 atom stereocenters. The highest BCUT2D eigenvalue weighted by Gasteiger charge is 2.33. The monoisotopic (exact) mass is 1060 g/mol. The first kappa shape index (κ1) is 58.6. The van der Waals surface area contributed by atoms with E-state index in [-0.39, 0.29) is 57.7 Å². The van der Waals surface area contributed by atoms with E-state index >= 15 is 0 Å². The van der Waals surface area contributed by atoms with Gasteiger partial charge in [0.1, 0.15) is 23.4 Å². The van der Waals surface area contributed by atoms with Crippen LogP contribution in [-0.4, -0.2) is 137 Å². The van der Waals surface area contributed by atoms with Gasteiger partial charge in [-0.25, -0.2) is 4.98 Å². The van der Waals surface area contributed by atoms with Crippen LogP contribution in [0.3, 0.4) is 0 Å². The van der Waals surface area contributed by atoms with E-state index < -0.39 is 60.5 Å². The molecule has 4 N–H and O–H groups in total. The predicted octanol–water partition coefficient (Wildman–Crippen LogP) is 7.40. The number of hydrogen-bond donors (Lipinski definition) is 4. The predicted molar refractivity (Wildman–Crippen MR) is 292 cm³/mol. The number of rotatable bonds is 29. The number of likely N-dealkylation sites (tertiary alicyclic amines) is 1. The Kier molecular flexibility index (Phi) is 22.4. The largest absolute Gasteiger partial charge is 0.481 e. The number of alkyl halides is 1. The number of carbonyl (C=O) groups excluding carboxylic acids is 4. The van der Waals surface area contributed by atoms with Gasteiger partial charge < -0.3 is 44.9 Å². The average molecular weight is 1070 g/mol. The number of aryl methyl sites for hydroxylation is 1. The second-order valence-electron chi connectivity index (χ2n) is 19.7. The first-order valence-electron chi connectivity index (χ1n) is 26.1. The van der Waals surface area contributed by atoms with Crippen LogP contribution in [0.4, 0.5) is 4.39 Å². The van der Waals surface area contributed by atoms with Crippen molar-refractivity contribution in [2.75, 3.05) is 54.1 Å². The molecule has 4 aromatic carbocycles. The lowest BCUT2D eigenvalue weighted by Gasteiger charge is -2.32. The third-order valence-electron chi connectivity index (χ3n) is 14.2. The van der Waals surface area contributed by atoms with Gasteiger partial charge in [-0.15, -0.1) is 0 Å². The Morgan fingerprint density at radius 1 is 0.855 bits per heavy atom. The Morgan fingerprint density at radius 2 is 1.54 bits per heavy atom. The maximum Gasteiger partial charge on any atom is 0.304 e. The smallest absolute Gasteiger partial charge is 0.304 e. The summed E-state index contributed by atoms with van der Waals surface area (Å²) >= 11 is 6.20. The van der Waals surface area contributed by atoms with E-state index in [2.05, 4.69) is 25.4 Å². The van der Waals surface area contributed by atoms with Crippen molar-refractivity contribution in [1.29, 1.82) is 0 Å². The van der Waals surface area contributed by atoms with Gasteiger partial charge in [0.15, 0.2) is 0 Å². The first-order valence-corrected chi connectivity index (χ1v) is 26.5. The zero-order valence-corrected chi connectivity index (χ0v) is 45.4. The molecule has 0 spiro atoms. The number of hydrogen-bond acceptors (Lipinski definition) is 10. The minimum Gasteiger partial charge on any atom is -0.481 e. The maximum absolute atomic E-state index is 14.4. The summed E-state index contributed by atoms with van der Waals surface area (Å²) in [6, 6.07) is 26.4. The van der Waals surface area contributed by atoms with Crippen molar-refractivity contribution in [2.24, 2.45) is 13.0 Å². The van der Waals surface area contributed by atoms with Crippen molar-refractivity contribution in [3.8, 4) is 22.8 Å². The molecule has 76 heavy (non-hydrogen) atoms. The summed E-state index contributed by atoms with van der Waals surface area (Å²) in [5.41, 5.74) is 5.42. The Morgan fingerprint density at radius 3 is 2.20 bits per heavy atom. The van der Waals surface area contributed by atoms with Gasteiger partial charge in [0.25, 0.3) is 0 Å². The number of aliphatic carboxylic acids is 1. The lowest BCUT2D eigenvalue weighted by atomic mass is 9.94. The maximum atomic E-state index is 14.4. The Balaban J connectivity index is 1.10. The van der Waals surface area contributed by atoms with Crippen LogP contribution in [0.25, 0.3) is 11.3 Å². The van der Waals surface area contributed by atoms with Crippen LogP contribution in [0.15, 0.2) is 103 Å². The molecule has 16 nitrogen and oxygen atoms in total. The summed E-state index contributed by atoms with van der Waals surface area (Å²) in [5.74, 6) is -1.61. The van der Waals surface area contributed by atoms with E-state index in [0.29, 0.717) is 16.5 Å². The van der Waals surface area contributed by atoms with Crippen LogP contribution in [0.2, 0.25) is 5.02 Å². The molecular weight excluding hydrogens is 991 g/mol. The summed E-state index contributed by atoms with van der Waals surface area (Å²) in [5, 5.41) is 19.0. The molecule has 2 heterocycles. The van der Waals surface area contributed by atoms with Gasteiger partial charge in [-0.3, -0.25) is 33.3 Å². The molecule has 4 amide bonds. The molecule has 408 valence electrons. The molecule has 0 radical (unpaired) electrons. The zero-order chi connectivity index (χ0) is 54.7. The molecule has 1 saturated heterocycles. The Hall–Kier alpha value is -6.66. The highest BCUT2D eigenvalue weighted by Crippen LogP contribution is 2.30. The fourth-order valence-electron chi connectivity index (χ4n) is 9.38. The topological polar surface area (TPSA) is 188 Å². The second-order valence-corrected chi connectivity index (χ2v) is 20.1. The molecule has 1 aromatic heterocycles. The number of benzene rings is 4. The summed E-state index contributed by atoms with van der Waals surface area (Å²) in [6.07, 6.45) is 4.90. The van der Waals surface area contributed by atoms with Gasteiger partial charge in [0.2, 0.25) is 23.6 Å². The number of nitrogens with zero attached hydrogens (tertiary/aromatic N) is 5. The average Bonchev–Trinajstić information content (AvgIpc) is 4.08. The Labute approximate surface area is 451 Å². The van der Waals surface area contributed by atoms with Gasteiger partial charge in [-0.05, 0) is 118 Å². The number of halogens is 2. The molecule has 1 aliphatic heterocycles. The van der Waals surface area contributed by atoms with Crippen LogP contribution in [0.1, 0.15) is 74.0 Å². The van der Waals surface area contributed by atoms with Crippen molar-refractivity contribution in [1.82, 2.24) is 40.2 Å². The third-order valence-corrected chi connectivity index (χ3v) is 14.4. The molecule has 5 unspecified atom stereocenters. The minimum absolute atomic E-state index is 0.0545. The summed E-state index contributed by atoms with van der Waals surface area (Å²) in [6.45, 7) is 5.98. The number of likely N-dealkylation sites (N-methyl/N-ethyl adjacent to an activating group) is 2. The van der Waals surface area contributed by atoms with Gasteiger partial charge in [0, 0.05) is 76.0 Å².